The van der Waals surface area contributed by atoms with Gasteiger partial charge in [0, 0.05) is 23.7 Å². The summed E-state index contributed by atoms with van der Waals surface area (Å²) >= 11 is 0. The molecule has 0 N–H and O–H groups in total. The summed E-state index contributed by atoms with van der Waals surface area (Å²) in [5.74, 6) is 7.37. The molecule has 1 fully saturated rings. The third kappa shape index (κ3) is 5.42. The fraction of sp³-hybridized carbons (Fsp3) is 0.312. The van der Waals surface area contributed by atoms with Gasteiger partial charge in [-0.05, 0) is 106 Å². The Labute approximate surface area is 214 Å². The Bertz CT molecular complexity index is 1460. The van der Waals surface area contributed by atoms with E-state index in [0.29, 0.717) is 12.0 Å². The number of hydrogen-bond donors (Lipinski definition) is 0. The molecule has 3 heterocycles. The van der Waals surface area contributed by atoms with Crippen LogP contribution in [0.5, 0.6) is 0 Å². The molecule has 0 aliphatic carbocycles. The van der Waals surface area contributed by atoms with Gasteiger partial charge in [0.1, 0.15) is 11.3 Å². The van der Waals surface area contributed by atoms with Crippen molar-refractivity contribution >= 4 is 11.4 Å². The maximum atomic E-state index is 13.2. The molecule has 2 aromatic carbocycles. The Morgan fingerprint density at radius 3 is 2.64 bits per heavy atom. The highest BCUT2D eigenvalue weighted by Gasteiger charge is 2.18. The van der Waals surface area contributed by atoms with E-state index in [-0.39, 0.29) is 5.78 Å². The van der Waals surface area contributed by atoms with Crippen LogP contribution in [0.2, 0.25) is 0 Å². The molecule has 1 saturated heterocycles. The van der Waals surface area contributed by atoms with Crippen LogP contribution in [0.15, 0.2) is 67.0 Å². The molecule has 182 valence electrons. The number of aromatic nitrogens is 2. The number of aryl methyl sites for hydroxylation is 2. The molecule has 0 saturated carbocycles. The number of likely N-dealkylation sites (tertiary alicyclic amines) is 1. The molecule has 1 aliphatic rings. The number of imidazole rings is 1. The van der Waals surface area contributed by atoms with Gasteiger partial charge in [-0.3, -0.25) is 9.20 Å². The molecule has 0 radical (unpaired) electrons. The van der Waals surface area contributed by atoms with Crippen LogP contribution in [0.3, 0.4) is 0 Å². The fourth-order valence-corrected chi connectivity index (χ4v) is 5.05. The first-order valence-corrected chi connectivity index (χ1v) is 12.8. The van der Waals surface area contributed by atoms with Gasteiger partial charge < -0.3 is 4.90 Å². The van der Waals surface area contributed by atoms with Crippen molar-refractivity contribution in [2.24, 2.45) is 5.92 Å². The maximum absolute atomic E-state index is 13.2. The van der Waals surface area contributed by atoms with E-state index in [1.54, 1.807) is 6.20 Å². The largest absolute Gasteiger partial charge is 0.306 e. The molecule has 5 rings (SSSR count). The van der Waals surface area contributed by atoms with Gasteiger partial charge >= 0.3 is 0 Å². The van der Waals surface area contributed by atoms with E-state index in [1.807, 2.05) is 53.9 Å². The lowest BCUT2D eigenvalue weighted by Crippen LogP contribution is -2.31. The molecule has 0 spiro atoms. The molecule has 36 heavy (non-hydrogen) atoms. The summed E-state index contributed by atoms with van der Waals surface area (Å²) in [6, 6.07) is 18.3. The first kappa shape index (κ1) is 24.0. The third-order valence-corrected chi connectivity index (χ3v) is 7.42. The van der Waals surface area contributed by atoms with E-state index in [9.17, 15) is 4.79 Å². The summed E-state index contributed by atoms with van der Waals surface area (Å²) in [6.07, 6.45) is 7.82. The Balaban J connectivity index is 1.29. The highest BCUT2D eigenvalue weighted by atomic mass is 16.1. The highest BCUT2D eigenvalue weighted by molar-refractivity contribution is 5.98. The molecule has 0 unspecified atom stereocenters. The van der Waals surface area contributed by atoms with Crippen LogP contribution in [0, 0.1) is 31.6 Å². The summed E-state index contributed by atoms with van der Waals surface area (Å²) in [7, 11) is 2.21. The second kappa shape index (κ2) is 10.5. The van der Waals surface area contributed by atoms with E-state index in [0.717, 1.165) is 40.4 Å². The Morgan fingerprint density at radius 2 is 1.83 bits per heavy atom. The molecule has 4 nitrogen and oxygen atoms in total. The zero-order valence-electron chi connectivity index (χ0n) is 21.4. The number of piperidine rings is 1. The predicted molar refractivity (Wildman–Crippen MR) is 145 cm³/mol. The van der Waals surface area contributed by atoms with Gasteiger partial charge in [-0.15, -0.1) is 0 Å². The number of nitrogens with zero attached hydrogens (tertiary/aromatic N) is 3. The van der Waals surface area contributed by atoms with Crippen molar-refractivity contribution < 1.29 is 4.79 Å². The average Bonchev–Trinajstić information content (AvgIpc) is 3.29. The van der Waals surface area contributed by atoms with E-state index in [4.69, 9.17) is 0 Å². The van der Waals surface area contributed by atoms with Gasteiger partial charge in [-0.1, -0.05) is 42.3 Å². The Hall–Kier alpha value is -3.68. The number of carbonyl (C=O) groups is 1. The number of Topliss-reactive ketones (excluding diaryl/α,β-unsaturated/α-hetero) is 1. The monoisotopic (exact) mass is 475 g/mol. The minimum absolute atomic E-state index is 0.121. The quantitative estimate of drug-likeness (QED) is 0.276. The van der Waals surface area contributed by atoms with E-state index in [2.05, 4.69) is 53.9 Å². The van der Waals surface area contributed by atoms with Crippen LogP contribution in [-0.2, 0) is 12.8 Å². The van der Waals surface area contributed by atoms with Crippen molar-refractivity contribution in [1.29, 1.82) is 0 Å². The van der Waals surface area contributed by atoms with Crippen LogP contribution in [0.4, 0.5) is 0 Å². The normalized spacial score (nSPS) is 14.5. The second-order valence-corrected chi connectivity index (χ2v) is 10.2. The first-order valence-electron chi connectivity index (χ1n) is 12.8. The van der Waals surface area contributed by atoms with Gasteiger partial charge in [0.2, 0.25) is 0 Å². The molecular weight excluding hydrogens is 442 g/mol. The SMILES string of the molecule is Cc1ccc(C(=O)Cc2ccc(CC3CCN(C)CC3)c(C)c2)cc1C#Cc1cnc2ccccn12. The van der Waals surface area contributed by atoms with E-state index < -0.39 is 0 Å². The van der Waals surface area contributed by atoms with Gasteiger partial charge in [0.05, 0.1) is 6.20 Å². The van der Waals surface area contributed by atoms with Crippen molar-refractivity contribution in [3.05, 3.63) is 106 Å². The number of fused-ring (bicyclic) bond motifs is 1. The van der Waals surface area contributed by atoms with Crippen molar-refractivity contribution in [1.82, 2.24) is 14.3 Å². The van der Waals surface area contributed by atoms with Gasteiger partial charge in [-0.25, -0.2) is 4.98 Å². The molecule has 4 aromatic rings. The number of benzene rings is 2. The second-order valence-electron chi connectivity index (χ2n) is 10.2. The number of carbonyl (C=O) groups excluding carboxylic acids is 1. The van der Waals surface area contributed by atoms with E-state index >= 15 is 0 Å². The zero-order chi connectivity index (χ0) is 25.1. The van der Waals surface area contributed by atoms with Crippen LogP contribution < -0.4 is 0 Å². The fourth-order valence-electron chi connectivity index (χ4n) is 5.05. The lowest BCUT2D eigenvalue weighted by Gasteiger charge is -2.29. The lowest BCUT2D eigenvalue weighted by molar-refractivity contribution is 0.0993. The van der Waals surface area contributed by atoms with Crippen molar-refractivity contribution in [2.75, 3.05) is 20.1 Å². The summed E-state index contributed by atoms with van der Waals surface area (Å²) < 4.78 is 1.97. The van der Waals surface area contributed by atoms with E-state index in [1.165, 1.54) is 37.1 Å². The zero-order valence-corrected chi connectivity index (χ0v) is 21.4. The minimum atomic E-state index is 0.121. The van der Waals surface area contributed by atoms with Crippen molar-refractivity contribution in [3.8, 4) is 11.8 Å². The number of ketones is 1. The summed E-state index contributed by atoms with van der Waals surface area (Å²) in [6.45, 7) is 6.59. The molecule has 0 bridgehead atoms. The number of pyridine rings is 1. The standard InChI is InChI=1S/C32H33N3O/c1-23-7-9-29(21-28(23)11-12-30-22-33-32-6-4-5-15-35(30)32)31(36)20-26-8-10-27(24(2)18-26)19-25-13-16-34(3)17-14-25/h4-10,15,18,21-22,25H,13-14,16-17,19-20H2,1-3H3. The van der Waals surface area contributed by atoms with Crippen molar-refractivity contribution in [2.45, 2.75) is 39.5 Å². The lowest BCUT2D eigenvalue weighted by atomic mass is 9.88. The number of rotatable bonds is 5. The van der Waals surface area contributed by atoms with Gasteiger partial charge in [0.25, 0.3) is 0 Å². The summed E-state index contributed by atoms with van der Waals surface area (Å²) in [4.78, 5) is 20.0. The van der Waals surface area contributed by atoms with Crippen LogP contribution >= 0.6 is 0 Å². The van der Waals surface area contributed by atoms with Crippen LogP contribution in [0.1, 0.15) is 56.7 Å². The smallest absolute Gasteiger partial charge is 0.167 e. The molecule has 0 amide bonds. The third-order valence-electron chi connectivity index (χ3n) is 7.42. The first-order chi connectivity index (χ1) is 17.5. The van der Waals surface area contributed by atoms with Crippen molar-refractivity contribution in [3.63, 3.8) is 0 Å². The number of hydrogen-bond acceptors (Lipinski definition) is 3. The molecule has 4 heteroatoms. The van der Waals surface area contributed by atoms with Crippen LogP contribution in [0.25, 0.3) is 5.65 Å². The maximum Gasteiger partial charge on any atom is 0.167 e. The molecular formula is C32H33N3O. The summed E-state index contributed by atoms with van der Waals surface area (Å²) in [5, 5.41) is 0. The molecule has 2 aromatic heterocycles. The minimum Gasteiger partial charge on any atom is -0.306 e. The molecule has 1 aliphatic heterocycles. The average molecular weight is 476 g/mol. The highest BCUT2D eigenvalue weighted by Crippen LogP contribution is 2.24. The Kier molecular flexibility index (Phi) is 7.02. The topological polar surface area (TPSA) is 37.6 Å². The predicted octanol–water partition coefficient (Wildman–Crippen LogP) is 5.66. The van der Waals surface area contributed by atoms with Gasteiger partial charge in [-0.2, -0.15) is 0 Å². The Morgan fingerprint density at radius 1 is 1.00 bits per heavy atom. The summed E-state index contributed by atoms with van der Waals surface area (Å²) in [5.41, 5.74) is 8.12. The molecule has 0 atom stereocenters. The van der Waals surface area contributed by atoms with Gasteiger partial charge in [0.15, 0.2) is 5.78 Å². The van der Waals surface area contributed by atoms with Crippen LogP contribution in [-0.4, -0.2) is 40.2 Å².